The van der Waals surface area contributed by atoms with Crippen LogP contribution in [-0.2, 0) is 11.3 Å². The maximum absolute atomic E-state index is 13.2. The van der Waals surface area contributed by atoms with Crippen molar-refractivity contribution in [1.82, 2.24) is 10.6 Å². The van der Waals surface area contributed by atoms with E-state index >= 15 is 0 Å². The number of benzene rings is 1. The Hall–Kier alpha value is -1.95. The Labute approximate surface area is 173 Å². The second-order valence-electron chi connectivity index (χ2n) is 10.8. The first-order valence-electron chi connectivity index (χ1n) is 10.9. The molecule has 2 N–H and O–H groups in total. The Bertz CT molecular complexity index is 746. The molecule has 4 bridgehead atoms. The number of carbonyl (C=O) groups is 1. The van der Waals surface area contributed by atoms with Gasteiger partial charge in [-0.2, -0.15) is 0 Å². The molecule has 0 aromatic heterocycles. The molecule has 1 unspecified atom stereocenters. The first kappa shape index (κ1) is 20.3. The predicted octanol–water partition coefficient (Wildman–Crippen LogP) is 4.18. The van der Waals surface area contributed by atoms with E-state index in [9.17, 15) is 14.9 Å². The number of carbonyl (C=O) groups excluding carboxylic acids is 1. The summed E-state index contributed by atoms with van der Waals surface area (Å²) in [6, 6.07) is 6.12. The molecule has 1 aromatic carbocycles. The van der Waals surface area contributed by atoms with Crippen molar-refractivity contribution >= 4 is 11.6 Å². The van der Waals surface area contributed by atoms with Gasteiger partial charge in [0.1, 0.15) is 0 Å². The van der Waals surface area contributed by atoms with Gasteiger partial charge >= 0.3 is 0 Å². The lowest BCUT2D eigenvalue weighted by Gasteiger charge is -2.58. The Morgan fingerprint density at radius 1 is 1.10 bits per heavy atom. The largest absolute Gasteiger partial charge is 0.351 e. The van der Waals surface area contributed by atoms with Gasteiger partial charge in [0, 0.05) is 24.2 Å². The third kappa shape index (κ3) is 4.32. The monoisotopic (exact) mass is 399 g/mol. The second kappa shape index (κ2) is 7.38. The molecule has 4 fully saturated rings. The van der Waals surface area contributed by atoms with Crippen LogP contribution in [0.1, 0.15) is 64.9 Å². The van der Waals surface area contributed by atoms with Gasteiger partial charge in [-0.15, -0.1) is 0 Å². The lowest BCUT2D eigenvalue weighted by Crippen LogP contribution is -2.65. The van der Waals surface area contributed by atoms with Crippen LogP contribution in [0.2, 0.25) is 0 Å². The van der Waals surface area contributed by atoms with Crippen LogP contribution in [0.3, 0.4) is 0 Å². The summed E-state index contributed by atoms with van der Waals surface area (Å²) < 4.78 is 0. The number of rotatable bonds is 6. The summed E-state index contributed by atoms with van der Waals surface area (Å²) in [5.41, 5.74) is 0.864. The fourth-order valence-electron chi connectivity index (χ4n) is 6.30. The Morgan fingerprint density at radius 2 is 1.62 bits per heavy atom. The van der Waals surface area contributed by atoms with Crippen LogP contribution in [0.25, 0.3) is 0 Å². The van der Waals surface area contributed by atoms with E-state index in [0.29, 0.717) is 6.54 Å². The zero-order valence-corrected chi connectivity index (χ0v) is 17.7. The summed E-state index contributed by atoms with van der Waals surface area (Å²) in [6.07, 6.45) is 7.78. The highest BCUT2D eigenvalue weighted by molar-refractivity contribution is 5.82. The van der Waals surface area contributed by atoms with E-state index in [0.717, 1.165) is 23.3 Å². The highest BCUT2D eigenvalue weighted by Gasteiger charge is 2.52. The van der Waals surface area contributed by atoms with Gasteiger partial charge in [0.25, 0.3) is 5.69 Å². The van der Waals surface area contributed by atoms with E-state index in [2.05, 4.69) is 31.4 Å². The molecule has 6 heteroatoms. The average molecular weight is 400 g/mol. The van der Waals surface area contributed by atoms with E-state index in [1.54, 1.807) is 12.1 Å². The van der Waals surface area contributed by atoms with Gasteiger partial charge in [0.2, 0.25) is 5.91 Å². The molecule has 5 rings (SSSR count). The number of amides is 1. The summed E-state index contributed by atoms with van der Waals surface area (Å²) >= 11 is 0. The third-order valence-corrected chi connectivity index (χ3v) is 7.23. The van der Waals surface area contributed by atoms with Gasteiger partial charge in [-0.05, 0) is 67.3 Å². The fraction of sp³-hybridized carbons (Fsp3) is 0.696. The SMILES string of the molecule is CC(C)(C)C(NC12CC3CC(CC(C3)C1)C2)C(=O)NCc1ccc([N+](=O)[O-])cc1. The number of hydrogen-bond acceptors (Lipinski definition) is 4. The standard InChI is InChI=1S/C23H33N3O3/c1-22(2,3)20(21(27)24-14-15-4-6-19(7-5-15)26(28)29)25-23-11-16-8-17(12-23)10-18(9-16)13-23/h4-7,16-18,20,25H,8-14H2,1-3H3,(H,24,27). The Balaban J connectivity index is 1.43. The molecule has 4 aliphatic rings. The van der Waals surface area contributed by atoms with Crippen molar-refractivity contribution in [2.24, 2.45) is 23.2 Å². The number of nitro benzene ring substituents is 1. The second-order valence-corrected chi connectivity index (χ2v) is 10.8. The highest BCUT2D eigenvalue weighted by atomic mass is 16.6. The lowest BCUT2D eigenvalue weighted by atomic mass is 9.52. The van der Waals surface area contributed by atoms with Crippen LogP contribution in [-0.4, -0.2) is 22.4 Å². The number of non-ortho nitro benzene ring substituents is 1. The van der Waals surface area contributed by atoms with Crippen LogP contribution in [0.4, 0.5) is 5.69 Å². The van der Waals surface area contributed by atoms with Crippen LogP contribution in [0, 0.1) is 33.3 Å². The molecular formula is C23H33N3O3. The van der Waals surface area contributed by atoms with E-state index in [1.165, 1.54) is 50.7 Å². The van der Waals surface area contributed by atoms with Gasteiger partial charge in [-0.1, -0.05) is 32.9 Å². The van der Waals surface area contributed by atoms with Crippen molar-refractivity contribution in [2.75, 3.05) is 0 Å². The normalized spacial score (nSPS) is 31.5. The first-order valence-corrected chi connectivity index (χ1v) is 10.9. The van der Waals surface area contributed by atoms with Crippen LogP contribution < -0.4 is 10.6 Å². The van der Waals surface area contributed by atoms with Gasteiger partial charge in [-0.3, -0.25) is 20.2 Å². The first-order chi connectivity index (χ1) is 13.6. The highest BCUT2D eigenvalue weighted by Crippen LogP contribution is 2.56. The minimum absolute atomic E-state index is 0.0200. The molecule has 29 heavy (non-hydrogen) atoms. The van der Waals surface area contributed by atoms with Crippen molar-refractivity contribution in [3.05, 3.63) is 39.9 Å². The molecular weight excluding hydrogens is 366 g/mol. The van der Waals surface area contributed by atoms with Gasteiger partial charge < -0.3 is 5.32 Å². The summed E-state index contributed by atoms with van der Waals surface area (Å²) in [4.78, 5) is 23.6. The molecule has 0 heterocycles. The van der Waals surface area contributed by atoms with E-state index < -0.39 is 4.92 Å². The Morgan fingerprint density at radius 3 is 2.07 bits per heavy atom. The number of nitro groups is 1. The molecule has 4 saturated carbocycles. The average Bonchev–Trinajstić information content (AvgIpc) is 2.62. The topological polar surface area (TPSA) is 84.3 Å². The molecule has 158 valence electrons. The van der Waals surface area contributed by atoms with Crippen LogP contribution in [0.5, 0.6) is 0 Å². The Kier molecular flexibility index (Phi) is 5.18. The molecule has 1 amide bonds. The van der Waals surface area contributed by atoms with Crippen LogP contribution in [0.15, 0.2) is 24.3 Å². The molecule has 0 aliphatic heterocycles. The van der Waals surface area contributed by atoms with Crippen molar-refractivity contribution in [2.45, 2.75) is 77.4 Å². The predicted molar refractivity (Wildman–Crippen MR) is 112 cm³/mol. The van der Waals surface area contributed by atoms with Gasteiger partial charge in [0.15, 0.2) is 0 Å². The molecule has 6 nitrogen and oxygen atoms in total. The van der Waals surface area contributed by atoms with Crippen LogP contribution >= 0.6 is 0 Å². The van der Waals surface area contributed by atoms with Crippen molar-refractivity contribution in [3.8, 4) is 0 Å². The van der Waals surface area contributed by atoms with E-state index in [4.69, 9.17) is 0 Å². The maximum atomic E-state index is 13.2. The minimum Gasteiger partial charge on any atom is -0.351 e. The number of nitrogens with one attached hydrogen (secondary N) is 2. The molecule has 4 aliphatic carbocycles. The van der Waals surface area contributed by atoms with Crippen molar-refractivity contribution in [3.63, 3.8) is 0 Å². The molecule has 0 radical (unpaired) electrons. The minimum atomic E-state index is -0.409. The molecule has 0 saturated heterocycles. The lowest BCUT2D eigenvalue weighted by molar-refractivity contribution is -0.384. The fourth-order valence-corrected chi connectivity index (χ4v) is 6.30. The smallest absolute Gasteiger partial charge is 0.269 e. The zero-order chi connectivity index (χ0) is 20.8. The number of hydrogen-bond donors (Lipinski definition) is 2. The molecule has 0 spiro atoms. The molecule has 1 aromatic rings. The molecule has 1 atom stereocenters. The quantitative estimate of drug-likeness (QED) is 0.555. The van der Waals surface area contributed by atoms with Crippen molar-refractivity contribution in [1.29, 1.82) is 0 Å². The van der Waals surface area contributed by atoms with E-state index in [-0.39, 0.29) is 28.6 Å². The van der Waals surface area contributed by atoms with E-state index in [1.807, 2.05) is 0 Å². The van der Waals surface area contributed by atoms with Gasteiger partial charge in [-0.25, -0.2) is 0 Å². The number of nitrogens with zero attached hydrogens (tertiary/aromatic N) is 1. The summed E-state index contributed by atoms with van der Waals surface area (Å²) in [5, 5.41) is 17.7. The summed E-state index contributed by atoms with van der Waals surface area (Å²) in [5.74, 6) is 2.51. The van der Waals surface area contributed by atoms with Crippen molar-refractivity contribution < 1.29 is 9.72 Å². The maximum Gasteiger partial charge on any atom is 0.269 e. The summed E-state index contributed by atoms with van der Waals surface area (Å²) in [6.45, 7) is 6.75. The third-order valence-electron chi connectivity index (χ3n) is 7.23. The van der Waals surface area contributed by atoms with Gasteiger partial charge in [0.05, 0.1) is 11.0 Å². The summed E-state index contributed by atoms with van der Waals surface area (Å²) in [7, 11) is 0. The zero-order valence-electron chi connectivity index (χ0n) is 17.7.